The quantitative estimate of drug-likeness (QED) is 0.00383. The molecule has 8 aliphatic heterocycles. The Hall–Kier alpha value is -8.48. The van der Waals surface area contributed by atoms with Crippen molar-refractivity contribution in [1.82, 2.24) is 52.2 Å². The third-order valence-electron chi connectivity index (χ3n) is 25.3. The van der Waals surface area contributed by atoms with Gasteiger partial charge >= 0.3 is 30.1 Å². The second-order valence-corrected chi connectivity index (χ2v) is 36.5. The Bertz CT molecular complexity index is 4580. The number of aliphatic hydroxyl groups is 3. The minimum atomic E-state index is -2.69. The Morgan fingerprint density at radius 2 is 1.62 bits per heavy atom. The number of piperazine rings is 1. The summed E-state index contributed by atoms with van der Waals surface area (Å²) in [6.07, 6.45) is 2.94. The average Bonchev–Trinajstić information content (AvgIpc) is 1.48. The molecule has 630 valence electrons. The number of carboxylic acid groups (broad SMARTS) is 2. The molecule has 9 aliphatic rings. The Balaban J connectivity index is 0.634. The molecule has 39 heteroatoms. The van der Waals surface area contributed by atoms with Crippen molar-refractivity contribution in [2.75, 3.05) is 127 Å². The van der Waals surface area contributed by atoms with Gasteiger partial charge < -0.3 is 107 Å². The van der Waals surface area contributed by atoms with Crippen LogP contribution in [-0.2, 0) is 69.8 Å². The van der Waals surface area contributed by atoms with E-state index in [1.54, 1.807) is 18.9 Å². The highest BCUT2D eigenvalue weighted by Crippen LogP contribution is 2.69. The van der Waals surface area contributed by atoms with Gasteiger partial charge in [-0.05, 0) is 88.2 Å². The molecular formula is C77H102N14O21S4. The first kappa shape index (κ1) is 85.4. The molecule has 1 aromatic heterocycles. The van der Waals surface area contributed by atoms with Crippen molar-refractivity contribution in [2.45, 2.75) is 154 Å². The summed E-state index contributed by atoms with van der Waals surface area (Å²) in [6, 6.07) is 5.38. The molecule has 4 aromatic rings. The highest BCUT2D eigenvalue weighted by atomic mass is 33.1. The first-order valence-corrected chi connectivity index (χ1v) is 43.7. The van der Waals surface area contributed by atoms with Crippen LogP contribution in [0.5, 0.6) is 17.2 Å². The summed E-state index contributed by atoms with van der Waals surface area (Å²) in [5.41, 5.74) is 6.38. The van der Waals surface area contributed by atoms with Crippen LogP contribution in [0, 0.1) is 18.3 Å². The molecule has 1 unspecified atom stereocenters. The van der Waals surface area contributed by atoms with Gasteiger partial charge in [-0.3, -0.25) is 49.0 Å². The van der Waals surface area contributed by atoms with E-state index in [2.05, 4.69) is 57.2 Å². The zero-order chi connectivity index (χ0) is 83.3. The average molecular weight is 1690 g/mol. The van der Waals surface area contributed by atoms with Crippen LogP contribution >= 0.6 is 43.2 Å². The van der Waals surface area contributed by atoms with E-state index in [4.69, 9.17) is 29.4 Å². The molecule has 6 amide bonds. The van der Waals surface area contributed by atoms with Gasteiger partial charge in [-0.25, -0.2) is 19.8 Å². The molecule has 1 aliphatic carbocycles. The van der Waals surface area contributed by atoms with Gasteiger partial charge in [0.1, 0.15) is 59.8 Å². The summed E-state index contributed by atoms with van der Waals surface area (Å²) >= 11 is 0. The van der Waals surface area contributed by atoms with E-state index in [1.807, 2.05) is 67.3 Å². The fourth-order valence-electron chi connectivity index (χ4n) is 20.2. The van der Waals surface area contributed by atoms with Crippen LogP contribution < -0.4 is 57.7 Å². The highest BCUT2D eigenvalue weighted by molar-refractivity contribution is 8.77. The molecule has 1 spiro atoms. The number of hydrogen-bond acceptors (Lipinski definition) is 30. The number of hydrazine groups is 1. The summed E-state index contributed by atoms with van der Waals surface area (Å²) < 4.78 is 29.1. The number of nitrogens with one attached hydrogen (secondary N) is 8. The smallest absolute Gasteiger partial charge is 0.426 e. The molecule has 17 atom stereocenters. The van der Waals surface area contributed by atoms with E-state index < -0.39 is 142 Å². The number of H-pyrrole nitrogens is 1. The van der Waals surface area contributed by atoms with Crippen LogP contribution in [0.4, 0.5) is 26.7 Å². The number of benzene rings is 3. The molecule has 0 radical (unpaired) electrons. The molecule has 2 bridgehead atoms. The van der Waals surface area contributed by atoms with Crippen molar-refractivity contribution < 1.29 is 103 Å². The molecule has 35 nitrogen and oxygen atoms in total. The maximum absolute atomic E-state index is 15.6. The fourth-order valence-corrected chi connectivity index (χ4v) is 23.9. The molecule has 3 aromatic carbocycles. The van der Waals surface area contributed by atoms with E-state index in [1.165, 1.54) is 56.2 Å². The summed E-state index contributed by atoms with van der Waals surface area (Å²) in [5, 5.41) is 96.2. The standard InChI is InChI=1S/C77H102N14O21S4/c1-9-72(106)31-40-32-75(69(103)109-7,60-42(16-22-89(34-40)38-72)41-14-11-12-15-46(41)82-60)44-28-43-51(30-52(44)108-6)88(5)66-74(43)19-23-90-21-13-18-73(10-2,65(74)90)67(101)76(66,107)68(102)86-87-71(105)111-24-27-115-116-37-50(64(99)100)85-63(98)48(84-62(97)47(79-4)29-54(93)94)33-81-53(92)17-25-113-114-26-20-80-56-39(3)58(95)57-55(59(56)96)45(36-112-70(78)104)77(110-8)61-49(83-61)35-91(57)77/h11-15,18,20,28,30,40,45,47-50,61,65-67,79,82-83,95-96,101,106-107H,9-10,16-17,19,21-27,29,31-38H2,1-8H3,(H2,78,104)(H,81,92)(H,84,97)(H,85,98)(H,86,102)(H,87,105)(H,93,94)(H,99,100)/t40-,45-,47+,48+,49+,50+,61+,65+,66-,67-,72+,73-,74-,75+,76+,77-/m1/s1. The predicted molar refractivity (Wildman–Crippen MR) is 434 cm³/mol. The first-order valence-electron chi connectivity index (χ1n) is 38.7. The number of methoxy groups -OCH3 is 3. The Kier molecular flexibility index (Phi) is 25.1. The number of amides is 6. The number of primary amides is 1. The van der Waals surface area contributed by atoms with Crippen LogP contribution in [0.3, 0.4) is 0 Å². The Morgan fingerprint density at radius 1 is 0.871 bits per heavy atom. The van der Waals surface area contributed by atoms with E-state index in [-0.39, 0.29) is 90.7 Å². The number of nitrogens with zero attached hydrogens (tertiary/aromatic N) is 5. The van der Waals surface area contributed by atoms with Gasteiger partial charge in [-0.15, -0.1) is 0 Å². The number of carbonyl (C=O) groups is 9. The molecule has 116 heavy (non-hydrogen) atoms. The number of hydrogen-bond donors (Lipinski definition) is 16. The van der Waals surface area contributed by atoms with Gasteiger partial charge in [-0.2, -0.15) is 0 Å². The maximum Gasteiger partial charge on any atom is 0.426 e. The molecular weight excluding hydrogens is 1590 g/mol. The van der Waals surface area contributed by atoms with Gasteiger partial charge in [0, 0.05) is 157 Å². The van der Waals surface area contributed by atoms with Crippen molar-refractivity contribution >= 4 is 131 Å². The lowest BCUT2D eigenvalue weighted by Crippen LogP contribution is -2.82. The van der Waals surface area contributed by atoms with Crippen LogP contribution in [0.25, 0.3) is 10.9 Å². The number of para-hydroxylation sites is 1. The lowest BCUT2D eigenvalue weighted by Gasteiger charge is -2.63. The number of rotatable bonds is 32. The van der Waals surface area contributed by atoms with Crippen LogP contribution in [0.15, 0.2) is 53.5 Å². The molecule has 13 rings (SSSR count). The van der Waals surface area contributed by atoms with E-state index in [9.17, 15) is 69.3 Å². The number of nitrogens with two attached hydrogens (primary N) is 1. The van der Waals surface area contributed by atoms with Gasteiger partial charge in [0.2, 0.25) is 17.7 Å². The normalized spacial score (nSPS) is 29.6. The van der Waals surface area contributed by atoms with E-state index in [0.717, 1.165) is 38.1 Å². The lowest BCUT2D eigenvalue weighted by molar-refractivity contribution is -0.204. The number of aliphatic imine (C=N–C) groups is 1. The maximum atomic E-state index is 15.6. The number of carboxylic acids is 2. The van der Waals surface area contributed by atoms with Crippen LogP contribution in [-0.4, -0.2) is 293 Å². The number of phenolic OH excluding ortho intramolecular Hbond substituents is 2. The van der Waals surface area contributed by atoms with Crippen LogP contribution in [0.2, 0.25) is 0 Å². The zero-order valence-electron chi connectivity index (χ0n) is 65.6. The second-order valence-electron chi connectivity index (χ2n) is 31.3. The monoisotopic (exact) mass is 1690 g/mol. The van der Waals surface area contributed by atoms with Gasteiger partial charge in [-0.1, -0.05) is 87.4 Å². The largest absolute Gasteiger partial charge is 0.505 e. The number of aromatic nitrogens is 1. The minimum absolute atomic E-state index is 0.0396. The van der Waals surface area contributed by atoms with Crippen LogP contribution in [0.1, 0.15) is 98.2 Å². The molecule has 9 heterocycles. The first-order chi connectivity index (χ1) is 55.4. The summed E-state index contributed by atoms with van der Waals surface area (Å²) in [5.74, 6) is -7.73. The van der Waals surface area contributed by atoms with Crippen molar-refractivity contribution in [3.63, 3.8) is 0 Å². The van der Waals surface area contributed by atoms with E-state index >= 15 is 9.59 Å². The number of carbonyl (C=O) groups excluding carboxylic acids is 7. The van der Waals surface area contributed by atoms with Gasteiger partial charge in [0.25, 0.3) is 5.91 Å². The topological polar surface area (TPSA) is 503 Å². The number of aromatic amines is 1. The highest BCUT2D eigenvalue weighted by Gasteiger charge is 2.79. The third-order valence-corrected chi connectivity index (χ3v) is 29.9. The summed E-state index contributed by atoms with van der Waals surface area (Å²) in [7, 11) is 12.1. The van der Waals surface area contributed by atoms with E-state index in [0.29, 0.717) is 110 Å². The number of ether oxygens (including phenoxy) is 5. The number of fused-ring (bicyclic) bond motifs is 11. The number of phenols is 2. The second kappa shape index (κ2) is 34.1. The Labute approximate surface area is 684 Å². The molecule has 4 saturated heterocycles. The number of likely N-dealkylation sites (N-methyl/N-ethyl adjacent to an activating group) is 2. The van der Waals surface area contributed by atoms with Gasteiger partial charge in [0.05, 0.1) is 56.0 Å². The molecule has 5 fully saturated rings. The third kappa shape index (κ3) is 14.9. The Morgan fingerprint density at radius 3 is 2.33 bits per heavy atom. The molecule has 1 saturated carbocycles. The SMILES string of the molecule is CC[C@]1(O)C[C@H]2CN(CCc3c([nH]c4ccccc34)[C@@](C(=O)OC)(c3cc4c(cc3OC)N(C)[C@H]3[C@@](O)(C(=O)NNC(=O)OCCSSC[C@H](NC(=O)[C@H](CNC(=O)CCSSCC=Nc5c(C)c(O)c6c(c5O)[C@@H](COC(N)=O)[C@@]5(OC)[C@H]7N[C@H]7CN65)NC(=O)[C@H](CC(=O)O)NC)C(=O)O)[C@H](O)[C@]5(CC)C=CCN6CC[C@]43[C@@H]65)C2)C1. The molecule has 17 N–H and O–H groups in total. The lowest BCUT2D eigenvalue weighted by atomic mass is 9.47. The number of esters is 1. The zero-order valence-corrected chi connectivity index (χ0v) is 68.9. The van der Waals surface area contributed by atoms with Crippen molar-refractivity contribution in [3.05, 3.63) is 82.1 Å². The number of anilines is 2. The van der Waals surface area contributed by atoms with Crippen molar-refractivity contribution in [1.29, 1.82) is 0 Å². The number of aromatic hydroxyl groups is 2. The minimum Gasteiger partial charge on any atom is -0.505 e. The summed E-state index contributed by atoms with van der Waals surface area (Å²) in [6.45, 7) is 7.56. The number of aliphatic carboxylic acids is 2. The fraction of sp³-hybridized carbons (Fsp3) is 0.584. The number of piperidine rings is 1. The van der Waals surface area contributed by atoms with Gasteiger partial charge in [0.15, 0.2) is 11.3 Å². The van der Waals surface area contributed by atoms with Crippen molar-refractivity contribution in [3.8, 4) is 17.2 Å². The predicted octanol–water partition coefficient (Wildman–Crippen LogP) is 2.21. The number of aliphatic hydroxyl groups excluding tert-OH is 1. The summed E-state index contributed by atoms with van der Waals surface area (Å²) in [4.78, 5) is 138. The van der Waals surface area contributed by atoms with Crippen molar-refractivity contribution in [2.24, 2.45) is 22.1 Å².